The third-order valence-corrected chi connectivity index (χ3v) is 6.39. The van der Waals surface area contributed by atoms with Crippen molar-refractivity contribution in [3.63, 3.8) is 0 Å². The summed E-state index contributed by atoms with van der Waals surface area (Å²) in [5.74, 6) is -0.505. The number of nitrogens with zero attached hydrogens (tertiary/aromatic N) is 1. The van der Waals surface area contributed by atoms with Crippen molar-refractivity contribution in [3.8, 4) is 0 Å². The first-order valence-electron chi connectivity index (χ1n) is 7.53. The number of β-lactam (4-membered cyclic amide) rings is 1. The van der Waals surface area contributed by atoms with Crippen molar-refractivity contribution < 1.29 is 18.0 Å². The smallest absolute Gasteiger partial charge is 0.325 e. The van der Waals surface area contributed by atoms with Gasteiger partial charge in [0, 0.05) is 11.0 Å². The van der Waals surface area contributed by atoms with Gasteiger partial charge in [-0.2, -0.15) is 0 Å². The maximum atomic E-state index is 12.7. The molecule has 1 heterocycles. The van der Waals surface area contributed by atoms with Crippen LogP contribution in [-0.4, -0.2) is 30.6 Å². The van der Waals surface area contributed by atoms with Crippen LogP contribution < -0.4 is 5.32 Å². The minimum absolute atomic E-state index is 0.0697. The summed E-state index contributed by atoms with van der Waals surface area (Å²) >= 11 is 3.23. The lowest BCUT2D eigenvalue weighted by molar-refractivity contribution is -0.137. The van der Waals surface area contributed by atoms with Crippen LogP contribution in [0.25, 0.3) is 0 Å². The predicted octanol–water partition coefficient (Wildman–Crippen LogP) is 2.69. The summed E-state index contributed by atoms with van der Waals surface area (Å²) in [6.07, 6.45) is -0.201. The number of likely N-dealkylation sites (tertiary alicyclic amines) is 1. The number of hydrogen-bond acceptors (Lipinski definition) is 4. The number of amides is 3. The first-order valence-corrected chi connectivity index (χ1v) is 9.87. The zero-order chi connectivity index (χ0) is 18.0. The number of halogens is 1. The Labute approximate surface area is 153 Å². The highest BCUT2D eigenvalue weighted by Crippen LogP contribution is 2.30. The molecule has 0 saturated carbocycles. The van der Waals surface area contributed by atoms with Crippen LogP contribution in [0, 0.1) is 0 Å². The number of carbonyl (C=O) groups excluding carboxylic acids is 2. The van der Waals surface area contributed by atoms with Crippen LogP contribution >= 0.6 is 15.9 Å². The number of urea groups is 1. The van der Waals surface area contributed by atoms with E-state index in [1.54, 1.807) is 12.1 Å². The standard InChI is InChI=1S/C17H15BrN2O4S/c18-13-7-4-8-14(9-13)25(23,24)16-10-15(21)20(16)17(22)19-11-12-5-2-1-3-6-12/h1-9,16H,10-11H2,(H,19,22). The number of rotatable bonds is 4. The lowest BCUT2D eigenvalue weighted by Gasteiger charge is -2.37. The highest BCUT2D eigenvalue weighted by molar-refractivity contribution is 9.10. The third-order valence-electron chi connectivity index (χ3n) is 3.89. The van der Waals surface area contributed by atoms with Crippen LogP contribution in [0.3, 0.4) is 0 Å². The van der Waals surface area contributed by atoms with Crippen LogP contribution in [0.1, 0.15) is 12.0 Å². The van der Waals surface area contributed by atoms with Gasteiger partial charge in [0.05, 0.1) is 11.3 Å². The molecule has 1 unspecified atom stereocenters. The SMILES string of the molecule is O=C1CC(S(=O)(=O)c2cccc(Br)c2)N1C(=O)NCc1ccccc1. The first kappa shape index (κ1) is 17.6. The van der Waals surface area contributed by atoms with E-state index >= 15 is 0 Å². The molecule has 1 aliphatic rings. The van der Waals surface area contributed by atoms with Crippen LogP contribution in [0.15, 0.2) is 64.0 Å². The third kappa shape index (κ3) is 3.59. The van der Waals surface area contributed by atoms with Crippen molar-refractivity contribution in [3.05, 3.63) is 64.6 Å². The summed E-state index contributed by atoms with van der Waals surface area (Å²) in [5, 5.41) is 1.41. The van der Waals surface area contributed by atoms with Gasteiger partial charge in [0.15, 0.2) is 5.37 Å². The summed E-state index contributed by atoms with van der Waals surface area (Å²) in [6.45, 7) is 0.215. The highest BCUT2D eigenvalue weighted by atomic mass is 79.9. The quantitative estimate of drug-likeness (QED) is 0.767. The van der Waals surface area contributed by atoms with E-state index in [9.17, 15) is 18.0 Å². The van der Waals surface area contributed by atoms with E-state index < -0.39 is 27.1 Å². The van der Waals surface area contributed by atoms with Gasteiger partial charge in [0.2, 0.25) is 15.7 Å². The molecule has 1 N–H and O–H groups in total. The second-order valence-corrected chi connectivity index (χ2v) is 8.59. The Morgan fingerprint density at radius 1 is 1.16 bits per heavy atom. The van der Waals surface area contributed by atoms with Crippen LogP contribution in [0.4, 0.5) is 4.79 Å². The van der Waals surface area contributed by atoms with E-state index in [4.69, 9.17) is 0 Å². The lowest BCUT2D eigenvalue weighted by Crippen LogP contribution is -2.61. The van der Waals surface area contributed by atoms with Gasteiger partial charge < -0.3 is 5.32 Å². The molecule has 130 valence electrons. The summed E-state index contributed by atoms with van der Waals surface area (Å²) in [6, 6.07) is 14.7. The van der Waals surface area contributed by atoms with Crippen molar-refractivity contribution in [2.24, 2.45) is 0 Å². The maximum absolute atomic E-state index is 12.7. The van der Waals surface area contributed by atoms with Crippen molar-refractivity contribution in [2.45, 2.75) is 23.2 Å². The van der Waals surface area contributed by atoms with Gasteiger partial charge in [0.1, 0.15) is 0 Å². The number of hydrogen-bond donors (Lipinski definition) is 1. The van der Waals surface area contributed by atoms with Gasteiger partial charge in [-0.3, -0.25) is 4.79 Å². The van der Waals surface area contributed by atoms with Crippen molar-refractivity contribution >= 4 is 37.7 Å². The van der Waals surface area contributed by atoms with Crippen molar-refractivity contribution in [2.75, 3.05) is 0 Å². The monoisotopic (exact) mass is 422 g/mol. The van der Waals surface area contributed by atoms with Crippen LogP contribution in [-0.2, 0) is 21.2 Å². The fourth-order valence-electron chi connectivity index (χ4n) is 2.54. The Hall–Kier alpha value is -2.19. The molecule has 1 fully saturated rings. The Balaban J connectivity index is 1.75. The van der Waals surface area contributed by atoms with E-state index in [2.05, 4.69) is 21.2 Å². The number of carbonyl (C=O) groups is 2. The first-order chi connectivity index (χ1) is 11.9. The molecule has 0 aromatic heterocycles. The van der Waals surface area contributed by atoms with E-state index in [-0.39, 0.29) is 17.9 Å². The molecule has 0 aliphatic carbocycles. The molecule has 0 radical (unpaired) electrons. The molecule has 1 atom stereocenters. The van der Waals surface area contributed by atoms with E-state index in [1.165, 1.54) is 12.1 Å². The van der Waals surface area contributed by atoms with Gasteiger partial charge >= 0.3 is 6.03 Å². The molecule has 0 spiro atoms. The number of nitrogens with one attached hydrogen (secondary N) is 1. The fraction of sp³-hybridized carbons (Fsp3) is 0.176. The normalized spacial score (nSPS) is 17.1. The molecule has 2 aromatic carbocycles. The Morgan fingerprint density at radius 2 is 1.88 bits per heavy atom. The molecular formula is C17H15BrN2O4S. The summed E-state index contributed by atoms with van der Waals surface area (Å²) in [5.41, 5.74) is 0.857. The zero-order valence-electron chi connectivity index (χ0n) is 13.1. The second kappa shape index (κ2) is 6.97. The van der Waals surface area contributed by atoms with E-state index in [0.29, 0.717) is 4.47 Å². The Bertz CT molecular complexity index is 915. The largest absolute Gasteiger partial charge is 0.334 e. The molecule has 1 aliphatic heterocycles. The molecule has 25 heavy (non-hydrogen) atoms. The fourth-order valence-corrected chi connectivity index (χ4v) is 4.82. The van der Waals surface area contributed by atoms with Crippen molar-refractivity contribution in [1.29, 1.82) is 0 Å². The molecule has 3 rings (SSSR count). The van der Waals surface area contributed by atoms with Gasteiger partial charge in [-0.1, -0.05) is 52.3 Å². The van der Waals surface area contributed by atoms with Gasteiger partial charge in [0.25, 0.3) is 0 Å². The van der Waals surface area contributed by atoms with E-state index in [0.717, 1.165) is 10.5 Å². The minimum Gasteiger partial charge on any atom is -0.334 e. The number of sulfone groups is 1. The zero-order valence-corrected chi connectivity index (χ0v) is 15.5. The predicted molar refractivity (Wildman–Crippen MR) is 95.3 cm³/mol. The lowest BCUT2D eigenvalue weighted by atomic mass is 10.2. The number of imide groups is 1. The average Bonchev–Trinajstić information content (AvgIpc) is 2.58. The van der Waals surface area contributed by atoms with Gasteiger partial charge in [-0.15, -0.1) is 0 Å². The molecule has 8 heteroatoms. The Kier molecular flexibility index (Phi) is 4.91. The van der Waals surface area contributed by atoms with Crippen LogP contribution in [0.5, 0.6) is 0 Å². The Morgan fingerprint density at radius 3 is 2.52 bits per heavy atom. The molecule has 3 amide bonds. The summed E-state index contributed by atoms with van der Waals surface area (Å²) < 4.78 is 26.0. The molecule has 6 nitrogen and oxygen atoms in total. The van der Waals surface area contributed by atoms with Gasteiger partial charge in [-0.25, -0.2) is 18.1 Å². The van der Waals surface area contributed by atoms with Crippen LogP contribution in [0.2, 0.25) is 0 Å². The number of benzene rings is 2. The highest BCUT2D eigenvalue weighted by Gasteiger charge is 2.49. The molecular weight excluding hydrogens is 408 g/mol. The maximum Gasteiger partial charge on any atom is 0.325 e. The van der Waals surface area contributed by atoms with E-state index in [1.807, 2.05) is 30.3 Å². The molecule has 1 saturated heterocycles. The average molecular weight is 423 g/mol. The van der Waals surface area contributed by atoms with Gasteiger partial charge in [-0.05, 0) is 23.8 Å². The van der Waals surface area contributed by atoms with Crippen molar-refractivity contribution in [1.82, 2.24) is 10.2 Å². The summed E-state index contributed by atoms with van der Waals surface area (Å²) in [7, 11) is -3.82. The molecule has 2 aromatic rings. The molecule has 0 bridgehead atoms. The second-order valence-electron chi connectivity index (χ2n) is 5.57. The summed E-state index contributed by atoms with van der Waals surface area (Å²) in [4.78, 5) is 25.0. The topological polar surface area (TPSA) is 83.6 Å². The minimum atomic E-state index is -3.82.